The van der Waals surface area contributed by atoms with E-state index in [1.807, 2.05) is 0 Å². The Morgan fingerprint density at radius 1 is 0.746 bits per heavy atom. The largest absolute Gasteiger partial charge is 0.468 e. The molecule has 0 spiro atoms. The first-order valence-electron chi connectivity index (χ1n) is 22.8. The van der Waals surface area contributed by atoms with Crippen LogP contribution in [0.2, 0.25) is 0 Å². The zero-order valence-corrected chi connectivity index (χ0v) is 38.6. The summed E-state index contributed by atoms with van der Waals surface area (Å²) in [5.74, 6) is 0.988. The highest BCUT2D eigenvalue weighted by molar-refractivity contribution is 6.93. The number of para-hydroxylation sites is 1. The molecule has 3 atom stereocenters. The van der Waals surface area contributed by atoms with Crippen LogP contribution < -0.4 is 20.9 Å². The first-order chi connectivity index (χ1) is 27.6. The SMILES string of the molecule is CC1=CC2=C3B(c4cc5c(cc4N2C2=CC4C(C=C2)C(C)(C)CCC4(C)C)C(C)(C)CCC5(C)C)c2oc4ccc(C(C)(C)C)cc4c2N(c2c(C)cccc2C)C3C1. The molecular formula is C55H67BN2O. The van der Waals surface area contributed by atoms with Crippen LogP contribution in [-0.4, -0.2) is 12.8 Å². The van der Waals surface area contributed by atoms with Crippen molar-refractivity contribution in [3.63, 3.8) is 0 Å². The van der Waals surface area contributed by atoms with Gasteiger partial charge in [-0.3, -0.25) is 0 Å². The van der Waals surface area contributed by atoms with Gasteiger partial charge in [-0.2, -0.15) is 0 Å². The number of hydrogen-bond acceptors (Lipinski definition) is 3. The summed E-state index contributed by atoms with van der Waals surface area (Å²) in [7, 11) is 0. The Kier molecular flexibility index (Phi) is 8.23. The first-order valence-corrected chi connectivity index (χ1v) is 22.8. The van der Waals surface area contributed by atoms with E-state index in [9.17, 15) is 0 Å². The van der Waals surface area contributed by atoms with Crippen LogP contribution in [0.1, 0.15) is 143 Å². The molecule has 4 heteroatoms. The van der Waals surface area contributed by atoms with Crippen molar-refractivity contribution in [3.05, 3.63) is 123 Å². The fourth-order valence-corrected chi connectivity index (χ4v) is 12.5. The molecule has 2 aliphatic heterocycles. The summed E-state index contributed by atoms with van der Waals surface area (Å²) in [5.41, 5.74) is 20.7. The normalized spacial score (nSPS) is 25.8. The maximum Gasteiger partial charge on any atom is 0.292 e. The summed E-state index contributed by atoms with van der Waals surface area (Å²) in [6.45, 7) is 34.0. The fraction of sp³-hybridized carbons (Fsp3) is 0.491. The van der Waals surface area contributed by atoms with E-state index in [1.54, 1.807) is 0 Å². The molecule has 3 heterocycles. The van der Waals surface area contributed by atoms with E-state index >= 15 is 0 Å². The van der Waals surface area contributed by atoms with E-state index in [1.165, 1.54) is 104 Å². The molecule has 4 aliphatic carbocycles. The lowest BCUT2D eigenvalue weighted by atomic mass is 9.33. The number of nitrogens with zero attached hydrogens (tertiary/aromatic N) is 2. The van der Waals surface area contributed by atoms with E-state index in [-0.39, 0.29) is 39.8 Å². The zero-order valence-electron chi connectivity index (χ0n) is 38.6. The molecule has 3 nitrogen and oxygen atoms in total. The average Bonchev–Trinajstić information content (AvgIpc) is 3.54. The van der Waals surface area contributed by atoms with Crippen LogP contribution in [0.15, 0.2) is 99.7 Å². The standard InChI is InChI=1S/C55H67BN2O/c1-32-26-44-47-45(27-32)58(48-33(2)16-15-17-34(48)3)49-37-28-35(51(4,5)6)18-21-46(37)59-50(49)56(47)42-30-40-41(55(13,14)25-24-54(40,11)12)31-43(42)57(44)36-19-20-38-39(29-36)53(9,10)23-22-52(38,7)8/h15-21,26,28-31,38-39,45H,22-25,27H2,1-14H3. The molecule has 6 aliphatic rings. The van der Waals surface area contributed by atoms with Crippen LogP contribution in [0.25, 0.3) is 11.0 Å². The summed E-state index contributed by atoms with van der Waals surface area (Å²) in [4.78, 5) is 5.47. The summed E-state index contributed by atoms with van der Waals surface area (Å²) >= 11 is 0. The highest BCUT2D eigenvalue weighted by Gasteiger charge is 2.54. The van der Waals surface area contributed by atoms with Crippen LogP contribution in [0.4, 0.5) is 17.1 Å². The minimum Gasteiger partial charge on any atom is -0.468 e. The Labute approximate surface area is 355 Å². The molecule has 0 N–H and O–H groups in total. The average molecular weight is 783 g/mol. The third-order valence-electron chi connectivity index (χ3n) is 16.4. The van der Waals surface area contributed by atoms with Crippen LogP contribution in [0.3, 0.4) is 0 Å². The summed E-state index contributed by atoms with van der Waals surface area (Å²) < 4.78 is 7.40. The predicted octanol–water partition coefficient (Wildman–Crippen LogP) is 13.3. The van der Waals surface area contributed by atoms with Gasteiger partial charge in [-0.05, 0) is 161 Å². The zero-order chi connectivity index (χ0) is 41.9. The molecule has 3 unspecified atom stereocenters. The number of allylic oxidation sites excluding steroid dienone is 4. The lowest BCUT2D eigenvalue weighted by Gasteiger charge is -2.53. The molecule has 10 rings (SSSR count). The van der Waals surface area contributed by atoms with Gasteiger partial charge < -0.3 is 14.2 Å². The van der Waals surface area contributed by atoms with Gasteiger partial charge in [0.25, 0.3) is 6.71 Å². The van der Waals surface area contributed by atoms with E-state index in [0.29, 0.717) is 11.8 Å². The third-order valence-corrected chi connectivity index (χ3v) is 16.4. The highest BCUT2D eigenvalue weighted by Crippen LogP contribution is 2.57. The van der Waals surface area contributed by atoms with Crippen molar-refractivity contribution in [3.8, 4) is 0 Å². The number of furan rings is 1. The number of hydrogen-bond donors (Lipinski definition) is 0. The van der Waals surface area contributed by atoms with Crippen molar-refractivity contribution < 1.29 is 4.42 Å². The smallest absolute Gasteiger partial charge is 0.292 e. The van der Waals surface area contributed by atoms with Crippen LogP contribution in [0.5, 0.6) is 0 Å². The fourth-order valence-electron chi connectivity index (χ4n) is 12.5. The lowest BCUT2D eigenvalue weighted by molar-refractivity contribution is 0.0326. The van der Waals surface area contributed by atoms with Crippen molar-refractivity contribution >= 4 is 45.9 Å². The molecule has 306 valence electrons. The Bertz CT molecular complexity index is 2570. The van der Waals surface area contributed by atoms with Crippen molar-refractivity contribution in [1.29, 1.82) is 0 Å². The number of rotatable bonds is 2. The van der Waals surface area contributed by atoms with Gasteiger partial charge in [0.2, 0.25) is 0 Å². The maximum absolute atomic E-state index is 7.40. The Morgan fingerprint density at radius 3 is 2.05 bits per heavy atom. The Morgan fingerprint density at radius 2 is 1.39 bits per heavy atom. The quantitative estimate of drug-likeness (QED) is 0.189. The topological polar surface area (TPSA) is 19.6 Å². The molecule has 0 saturated heterocycles. The first kappa shape index (κ1) is 39.0. The molecular weight excluding hydrogens is 715 g/mol. The molecule has 1 saturated carbocycles. The van der Waals surface area contributed by atoms with Gasteiger partial charge in [-0.15, -0.1) is 0 Å². The van der Waals surface area contributed by atoms with E-state index in [0.717, 1.165) is 17.7 Å². The number of aryl methyl sites for hydroxylation is 2. The maximum atomic E-state index is 7.40. The second-order valence-corrected chi connectivity index (χ2v) is 23.4. The molecule has 1 aromatic heterocycles. The molecule has 3 aromatic carbocycles. The molecule has 0 amide bonds. The predicted molar refractivity (Wildman–Crippen MR) is 252 cm³/mol. The molecule has 1 fully saturated rings. The second-order valence-electron chi connectivity index (χ2n) is 23.4. The van der Waals surface area contributed by atoms with Crippen molar-refractivity contribution in [1.82, 2.24) is 0 Å². The van der Waals surface area contributed by atoms with E-state index < -0.39 is 0 Å². The van der Waals surface area contributed by atoms with Crippen LogP contribution in [0, 0.1) is 36.5 Å². The van der Waals surface area contributed by atoms with Crippen LogP contribution >= 0.6 is 0 Å². The lowest BCUT2D eigenvalue weighted by Crippen LogP contribution is -2.61. The van der Waals surface area contributed by atoms with E-state index in [4.69, 9.17) is 4.42 Å². The Hall–Kier alpha value is -4.18. The van der Waals surface area contributed by atoms with Gasteiger partial charge in [0.15, 0.2) is 0 Å². The summed E-state index contributed by atoms with van der Waals surface area (Å²) in [6.07, 6.45) is 16.2. The van der Waals surface area contributed by atoms with Gasteiger partial charge in [0.1, 0.15) is 5.58 Å². The molecule has 0 bridgehead atoms. The molecule has 4 aromatic rings. The number of anilines is 3. The second kappa shape index (κ2) is 12.5. The van der Waals surface area contributed by atoms with Crippen molar-refractivity contribution in [2.75, 3.05) is 9.80 Å². The number of fused-ring (bicyclic) bond motifs is 8. The van der Waals surface area contributed by atoms with Gasteiger partial charge in [-0.1, -0.05) is 124 Å². The molecule has 59 heavy (non-hydrogen) atoms. The third kappa shape index (κ3) is 5.66. The highest BCUT2D eigenvalue weighted by atomic mass is 16.3. The Balaban J connectivity index is 1.32. The van der Waals surface area contributed by atoms with Gasteiger partial charge in [0, 0.05) is 28.2 Å². The van der Waals surface area contributed by atoms with Crippen LogP contribution in [-0.2, 0) is 16.2 Å². The monoisotopic (exact) mass is 783 g/mol. The van der Waals surface area contributed by atoms with Crippen molar-refractivity contribution in [2.45, 2.75) is 151 Å². The van der Waals surface area contributed by atoms with E-state index in [2.05, 4.69) is 180 Å². The number of benzene rings is 3. The minimum atomic E-state index is 0.00349. The van der Waals surface area contributed by atoms with Crippen molar-refractivity contribution in [2.24, 2.45) is 22.7 Å². The summed E-state index contributed by atoms with van der Waals surface area (Å²) in [5, 5.41) is 1.23. The molecule has 0 radical (unpaired) electrons. The van der Waals surface area contributed by atoms with Gasteiger partial charge >= 0.3 is 0 Å². The minimum absolute atomic E-state index is 0.00349. The van der Waals surface area contributed by atoms with Gasteiger partial charge in [0.05, 0.1) is 17.4 Å². The van der Waals surface area contributed by atoms with Gasteiger partial charge in [-0.25, -0.2) is 0 Å². The summed E-state index contributed by atoms with van der Waals surface area (Å²) in [6, 6.07) is 19.3.